The number of hydrogen-bond donors (Lipinski definition) is 1. The molecule has 1 unspecified atom stereocenters. The van der Waals surface area contributed by atoms with Gasteiger partial charge in [0.25, 0.3) is 0 Å². The number of terminal acetylenes is 1. The molecular formula is C12H14BrN. The van der Waals surface area contributed by atoms with E-state index in [0.29, 0.717) is 0 Å². The van der Waals surface area contributed by atoms with Gasteiger partial charge >= 0.3 is 0 Å². The summed E-state index contributed by atoms with van der Waals surface area (Å²) in [5.74, 6) is 2.68. The maximum absolute atomic E-state index is 5.32. The Morgan fingerprint density at radius 3 is 2.79 bits per heavy atom. The Labute approximate surface area is 94.0 Å². The van der Waals surface area contributed by atoms with Gasteiger partial charge in [-0.05, 0) is 37.2 Å². The molecule has 2 heteroatoms. The second-order valence-corrected chi connectivity index (χ2v) is 4.17. The van der Waals surface area contributed by atoms with Crippen molar-refractivity contribution in [3.63, 3.8) is 0 Å². The molecule has 0 aromatic heterocycles. The molecule has 0 amide bonds. The molecule has 74 valence electrons. The lowest BCUT2D eigenvalue weighted by atomic mass is 9.99. The summed E-state index contributed by atoms with van der Waals surface area (Å²) in [6.07, 6.45) is 6.04. The van der Waals surface area contributed by atoms with Crippen LogP contribution in [-0.2, 0) is 0 Å². The van der Waals surface area contributed by atoms with Crippen LogP contribution in [0.25, 0.3) is 0 Å². The maximum Gasteiger partial charge on any atom is 0.0431 e. The molecule has 0 aliphatic rings. The molecule has 0 aliphatic heterocycles. The van der Waals surface area contributed by atoms with Gasteiger partial charge in [0.05, 0.1) is 0 Å². The second kappa shape index (κ2) is 5.19. The minimum Gasteiger partial charge on any atom is -0.312 e. The van der Waals surface area contributed by atoms with Crippen molar-refractivity contribution in [2.75, 3.05) is 7.05 Å². The molecule has 0 fully saturated rings. The van der Waals surface area contributed by atoms with Crippen LogP contribution >= 0.6 is 15.9 Å². The predicted molar refractivity (Wildman–Crippen MR) is 64.1 cm³/mol. The molecule has 0 saturated heterocycles. The summed E-state index contributed by atoms with van der Waals surface area (Å²) in [5.41, 5.74) is 2.53. The first-order valence-corrected chi connectivity index (χ1v) is 5.35. The van der Waals surface area contributed by atoms with Gasteiger partial charge < -0.3 is 5.32 Å². The zero-order valence-corrected chi connectivity index (χ0v) is 10.1. The molecule has 1 N–H and O–H groups in total. The van der Waals surface area contributed by atoms with E-state index >= 15 is 0 Å². The largest absolute Gasteiger partial charge is 0.312 e. The van der Waals surface area contributed by atoms with Crippen LogP contribution in [0.2, 0.25) is 0 Å². The third-order valence-electron chi connectivity index (χ3n) is 2.28. The molecule has 14 heavy (non-hydrogen) atoms. The number of nitrogens with one attached hydrogen (secondary N) is 1. The molecule has 1 nitrogen and oxygen atoms in total. The Balaban J connectivity index is 2.99. The summed E-state index contributed by atoms with van der Waals surface area (Å²) >= 11 is 3.45. The molecule has 1 atom stereocenters. The van der Waals surface area contributed by atoms with Crippen LogP contribution in [0, 0.1) is 19.3 Å². The minimum absolute atomic E-state index is 0.257. The van der Waals surface area contributed by atoms with Crippen molar-refractivity contribution in [3.8, 4) is 12.3 Å². The van der Waals surface area contributed by atoms with Gasteiger partial charge in [-0.3, -0.25) is 0 Å². The fourth-order valence-electron chi connectivity index (χ4n) is 1.52. The molecule has 1 rings (SSSR count). The highest BCUT2D eigenvalue weighted by Gasteiger charge is 2.09. The third kappa shape index (κ3) is 2.60. The molecule has 0 aliphatic carbocycles. The van der Waals surface area contributed by atoms with Gasteiger partial charge in [0.2, 0.25) is 0 Å². The molecule has 0 saturated carbocycles. The predicted octanol–water partition coefficient (Wildman–Crippen LogP) is 3.04. The summed E-state index contributed by atoms with van der Waals surface area (Å²) < 4.78 is 1.11. The van der Waals surface area contributed by atoms with Crippen LogP contribution in [0.15, 0.2) is 22.7 Å². The monoisotopic (exact) mass is 251 g/mol. The Kier molecular flexibility index (Phi) is 4.19. The SMILES string of the molecule is C#CCC(NC)c1ccc(Br)cc1C. The molecule has 1 aromatic carbocycles. The van der Waals surface area contributed by atoms with Crippen molar-refractivity contribution in [1.29, 1.82) is 0 Å². The zero-order chi connectivity index (χ0) is 10.6. The number of rotatable bonds is 3. The highest BCUT2D eigenvalue weighted by atomic mass is 79.9. The first-order valence-electron chi connectivity index (χ1n) is 4.55. The van der Waals surface area contributed by atoms with Gasteiger partial charge in [-0.25, -0.2) is 0 Å². The van der Waals surface area contributed by atoms with Crippen molar-refractivity contribution >= 4 is 15.9 Å². The van der Waals surface area contributed by atoms with Crippen molar-refractivity contribution in [3.05, 3.63) is 33.8 Å². The van der Waals surface area contributed by atoms with E-state index in [1.807, 2.05) is 13.1 Å². The summed E-state index contributed by atoms with van der Waals surface area (Å²) in [6, 6.07) is 6.52. The number of aryl methyl sites for hydroxylation is 1. The van der Waals surface area contributed by atoms with Gasteiger partial charge in [0, 0.05) is 16.9 Å². The van der Waals surface area contributed by atoms with E-state index in [-0.39, 0.29) is 6.04 Å². The van der Waals surface area contributed by atoms with Gasteiger partial charge in [-0.15, -0.1) is 12.3 Å². The molecule has 0 bridgehead atoms. The smallest absolute Gasteiger partial charge is 0.0431 e. The Morgan fingerprint density at radius 1 is 1.57 bits per heavy atom. The van der Waals surface area contributed by atoms with E-state index in [0.717, 1.165) is 10.9 Å². The van der Waals surface area contributed by atoms with E-state index in [1.165, 1.54) is 11.1 Å². The normalized spacial score (nSPS) is 12.1. The summed E-state index contributed by atoms with van der Waals surface area (Å²) in [4.78, 5) is 0. The molecular weight excluding hydrogens is 238 g/mol. The van der Waals surface area contributed by atoms with E-state index in [9.17, 15) is 0 Å². The van der Waals surface area contributed by atoms with Crippen molar-refractivity contribution in [1.82, 2.24) is 5.32 Å². The van der Waals surface area contributed by atoms with E-state index < -0.39 is 0 Å². The first kappa shape index (κ1) is 11.3. The molecule has 0 radical (unpaired) electrons. The lowest BCUT2D eigenvalue weighted by molar-refractivity contribution is 0.608. The fourth-order valence-corrected chi connectivity index (χ4v) is 1.99. The first-order chi connectivity index (χ1) is 6.69. The van der Waals surface area contributed by atoms with Crippen LogP contribution in [0.3, 0.4) is 0 Å². The van der Waals surface area contributed by atoms with E-state index in [4.69, 9.17) is 6.42 Å². The fraction of sp³-hybridized carbons (Fsp3) is 0.333. The lowest BCUT2D eigenvalue weighted by Crippen LogP contribution is -2.16. The quantitative estimate of drug-likeness (QED) is 0.815. The minimum atomic E-state index is 0.257. The summed E-state index contributed by atoms with van der Waals surface area (Å²) in [7, 11) is 1.93. The van der Waals surface area contributed by atoms with Crippen molar-refractivity contribution in [2.45, 2.75) is 19.4 Å². The van der Waals surface area contributed by atoms with Crippen LogP contribution in [0.5, 0.6) is 0 Å². The standard InChI is InChI=1S/C12H14BrN/c1-4-5-12(14-3)11-7-6-10(13)8-9(11)2/h1,6-8,12,14H,5H2,2-3H3. The highest BCUT2D eigenvalue weighted by molar-refractivity contribution is 9.10. The van der Waals surface area contributed by atoms with Crippen LogP contribution in [0.4, 0.5) is 0 Å². The number of halogens is 1. The lowest BCUT2D eigenvalue weighted by Gasteiger charge is -2.16. The summed E-state index contributed by atoms with van der Waals surface area (Å²) in [5, 5.41) is 3.22. The maximum atomic E-state index is 5.32. The van der Waals surface area contributed by atoms with Gasteiger partial charge in [-0.1, -0.05) is 22.0 Å². The van der Waals surface area contributed by atoms with Crippen LogP contribution in [-0.4, -0.2) is 7.05 Å². The van der Waals surface area contributed by atoms with Crippen LogP contribution in [0.1, 0.15) is 23.6 Å². The second-order valence-electron chi connectivity index (χ2n) is 3.25. The van der Waals surface area contributed by atoms with Gasteiger partial charge in [0.1, 0.15) is 0 Å². The van der Waals surface area contributed by atoms with E-state index in [1.54, 1.807) is 0 Å². The van der Waals surface area contributed by atoms with Crippen molar-refractivity contribution < 1.29 is 0 Å². The number of hydrogen-bond acceptors (Lipinski definition) is 1. The average molecular weight is 252 g/mol. The van der Waals surface area contributed by atoms with Gasteiger partial charge in [0.15, 0.2) is 0 Å². The Hall–Kier alpha value is -0.780. The zero-order valence-electron chi connectivity index (χ0n) is 8.47. The van der Waals surface area contributed by atoms with Gasteiger partial charge in [-0.2, -0.15) is 0 Å². The third-order valence-corrected chi connectivity index (χ3v) is 2.77. The Bertz CT molecular complexity index is 352. The Morgan fingerprint density at radius 2 is 2.29 bits per heavy atom. The average Bonchev–Trinajstić information content (AvgIpc) is 2.15. The van der Waals surface area contributed by atoms with Crippen LogP contribution < -0.4 is 5.32 Å². The van der Waals surface area contributed by atoms with Crippen molar-refractivity contribution in [2.24, 2.45) is 0 Å². The molecule has 0 heterocycles. The highest BCUT2D eigenvalue weighted by Crippen LogP contribution is 2.23. The van der Waals surface area contributed by atoms with E-state index in [2.05, 4.69) is 46.2 Å². The topological polar surface area (TPSA) is 12.0 Å². The number of benzene rings is 1. The molecule has 1 aromatic rings. The summed E-state index contributed by atoms with van der Waals surface area (Å²) in [6.45, 7) is 2.10. The molecule has 0 spiro atoms.